The van der Waals surface area contributed by atoms with E-state index < -0.39 is 6.04 Å². The van der Waals surface area contributed by atoms with Gasteiger partial charge < -0.3 is 10.2 Å². The summed E-state index contributed by atoms with van der Waals surface area (Å²) < 4.78 is 0.977. The number of carbonyl (C=O) groups is 2. The molecule has 0 aliphatic heterocycles. The number of benzene rings is 2. The number of nitrogens with zero attached hydrogens (tertiary/aromatic N) is 1. The molecular formula is C23H28BrClN2O2S. The second-order valence-electron chi connectivity index (χ2n) is 7.26. The summed E-state index contributed by atoms with van der Waals surface area (Å²) in [6, 6.07) is 14.9. The minimum atomic E-state index is -0.550. The van der Waals surface area contributed by atoms with E-state index >= 15 is 0 Å². The van der Waals surface area contributed by atoms with Gasteiger partial charge in [-0.2, -0.15) is 0 Å². The first kappa shape index (κ1) is 24.8. The van der Waals surface area contributed by atoms with Crippen molar-refractivity contribution in [1.82, 2.24) is 10.2 Å². The van der Waals surface area contributed by atoms with Gasteiger partial charge in [0.2, 0.25) is 11.8 Å². The molecule has 0 radical (unpaired) electrons. The molecule has 2 amide bonds. The molecule has 0 saturated heterocycles. The molecule has 4 nitrogen and oxygen atoms in total. The third kappa shape index (κ3) is 7.97. The van der Waals surface area contributed by atoms with Gasteiger partial charge in [0, 0.05) is 27.8 Å². The van der Waals surface area contributed by atoms with Gasteiger partial charge in [-0.05, 0) is 55.7 Å². The molecule has 0 heterocycles. The lowest BCUT2D eigenvalue weighted by molar-refractivity contribution is -0.138. The fourth-order valence-corrected chi connectivity index (χ4v) is 4.02. The minimum absolute atomic E-state index is 0.0521. The molecule has 0 saturated carbocycles. The fraction of sp³-hybridized carbons (Fsp3) is 0.391. The fourth-order valence-electron chi connectivity index (χ4n) is 2.75. The van der Waals surface area contributed by atoms with Gasteiger partial charge in [0.25, 0.3) is 0 Å². The number of hydrogen-bond donors (Lipinski definition) is 1. The zero-order valence-electron chi connectivity index (χ0n) is 17.5. The highest BCUT2D eigenvalue weighted by molar-refractivity contribution is 9.10. The molecule has 0 aliphatic carbocycles. The maximum Gasteiger partial charge on any atom is 0.242 e. The molecule has 2 rings (SSSR count). The minimum Gasteiger partial charge on any atom is -0.352 e. The van der Waals surface area contributed by atoms with E-state index in [0.29, 0.717) is 23.1 Å². The van der Waals surface area contributed by atoms with E-state index in [1.54, 1.807) is 11.8 Å². The van der Waals surface area contributed by atoms with Crippen molar-refractivity contribution in [3.63, 3.8) is 0 Å². The van der Waals surface area contributed by atoms with E-state index in [-0.39, 0.29) is 17.9 Å². The molecule has 2 aromatic rings. The average molecular weight is 512 g/mol. The van der Waals surface area contributed by atoms with Crippen molar-refractivity contribution in [1.29, 1.82) is 0 Å². The molecule has 1 N–H and O–H groups in total. The topological polar surface area (TPSA) is 49.4 Å². The van der Waals surface area contributed by atoms with E-state index in [1.165, 1.54) is 11.8 Å². The molecule has 162 valence electrons. The summed E-state index contributed by atoms with van der Waals surface area (Å²) in [5.41, 5.74) is 2.09. The van der Waals surface area contributed by atoms with E-state index in [1.807, 2.05) is 62.4 Å². The Labute approximate surface area is 196 Å². The van der Waals surface area contributed by atoms with Crippen molar-refractivity contribution in [3.05, 3.63) is 69.2 Å². The van der Waals surface area contributed by atoms with Crippen LogP contribution in [0.3, 0.4) is 0 Å². The van der Waals surface area contributed by atoms with Gasteiger partial charge in [-0.15, -0.1) is 11.8 Å². The normalized spacial score (nSPS) is 12.8. The zero-order valence-corrected chi connectivity index (χ0v) is 20.7. The molecule has 0 fully saturated rings. The SMILES string of the molecule is CC[C@@H](C)NC(=O)[C@H](C)N(Cc1ccc(Br)cc1)C(=O)CSCc1ccc(Cl)cc1. The number of amides is 2. The largest absolute Gasteiger partial charge is 0.352 e. The number of hydrogen-bond acceptors (Lipinski definition) is 3. The maximum atomic E-state index is 13.1. The van der Waals surface area contributed by atoms with Crippen LogP contribution >= 0.6 is 39.3 Å². The van der Waals surface area contributed by atoms with Crippen molar-refractivity contribution in [3.8, 4) is 0 Å². The highest BCUT2D eigenvalue weighted by atomic mass is 79.9. The van der Waals surface area contributed by atoms with Gasteiger partial charge in [-0.1, -0.05) is 58.7 Å². The number of carbonyl (C=O) groups excluding carboxylic acids is 2. The van der Waals surface area contributed by atoms with Gasteiger partial charge in [-0.25, -0.2) is 0 Å². The Bertz CT molecular complexity index is 830. The van der Waals surface area contributed by atoms with E-state index in [0.717, 1.165) is 22.0 Å². The first-order valence-corrected chi connectivity index (χ1v) is 12.3. The maximum absolute atomic E-state index is 13.1. The van der Waals surface area contributed by atoms with Crippen molar-refractivity contribution in [2.75, 3.05) is 5.75 Å². The monoisotopic (exact) mass is 510 g/mol. The molecule has 0 aromatic heterocycles. The Balaban J connectivity index is 2.06. The summed E-state index contributed by atoms with van der Waals surface area (Å²) in [4.78, 5) is 27.4. The highest BCUT2D eigenvalue weighted by Gasteiger charge is 2.26. The van der Waals surface area contributed by atoms with Crippen molar-refractivity contribution >= 4 is 51.1 Å². The number of halogens is 2. The third-order valence-corrected chi connectivity index (χ3v) is 6.61. The summed E-state index contributed by atoms with van der Waals surface area (Å²) in [5.74, 6) is 0.837. The van der Waals surface area contributed by atoms with E-state index in [2.05, 4.69) is 21.2 Å². The second kappa shape index (κ2) is 12.4. The standard InChI is InChI=1S/C23H28BrClN2O2S/c1-4-16(2)26-23(29)17(3)27(13-18-5-9-20(24)10-6-18)22(28)15-30-14-19-7-11-21(25)12-8-19/h5-12,16-17H,4,13-15H2,1-3H3,(H,26,29)/t16-,17+/m1/s1. The summed E-state index contributed by atoms with van der Waals surface area (Å²) >= 11 is 10.9. The van der Waals surface area contributed by atoms with Crippen LogP contribution in [0.4, 0.5) is 0 Å². The summed E-state index contributed by atoms with van der Waals surface area (Å²) in [5, 5.41) is 3.68. The first-order valence-electron chi connectivity index (χ1n) is 9.96. The van der Waals surface area contributed by atoms with Crippen LogP contribution in [0.5, 0.6) is 0 Å². The summed E-state index contributed by atoms with van der Waals surface area (Å²) in [7, 11) is 0. The van der Waals surface area contributed by atoms with Crippen LogP contribution in [0.2, 0.25) is 5.02 Å². The van der Waals surface area contributed by atoms with Gasteiger partial charge in [-0.3, -0.25) is 9.59 Å². The van der Waals surface area contributed by atoms with Crippen LogP contribution in [0.1, 0.15) is 38.3 Å². The lowest BCUT2D eigenvalue weighted by Crippen LogP contribution is -2.50. The van der Waals surface area contributed by atoms with Crippen LogP contribution in [0.25, 0.3) is 0 Å². The predicted molar refractivity (Wildman–Crippen MR) is 130 cm³/mol. The van der Waals surface area contributed by atoms with Gasteiger partial charge in [0.05, 0.1) is 5.75 Å². The van der Waals surface area contributed by atoms with E-state index in [9.17, 15) is 9.59 Å². The first-order chi connectivity index (χ1) is 14.3. The molecule has 2 aromatic carbocycles. The van der Waals surface area contributed by atoms with Crippen LogP contribution in [-0.2, 0) is 21.9 Å². The van der Waals surface area contributed by atoms with Crippen LogP contribution in [0.15, 0.2) is 53.0 Å². The Hall–Kier alpha value is -1.50. The molecule has 2 atom stereocenters. The Morgan fingerprint density at radius 2 is 1.67 bits per heavy atom. The van der Waals surface area contributed by atoms with Crippen molar-refractivity contribution < 1.29 is 9.59 Å². The van der Waals surface area contributed by atoms with Crippen molar-refractivity contribution in [2.45, 2.75) is 51.6 Å². The molecule has 0 unspecified atom stereocenters. The van der Waals surface area contributed by atoms with Gasteiger partial charge >= 0.3 is 0 Å². The Kier molecular flexibility index (Phi) is 10.2. The smallest absolute Gasteiger partial charge is 0.242 e. The number of rotatable bonds is 10. The lowest BCUT2D eigenvalue weighted by Gasteiger charge is -2.29. The molecule has 7 heteroatoms. The highest BCUT2D eigenvalue weighted by Crippen LogP contribution is 2.18. The van der Waals surface area contributed by atoms with Gasteiger partial charge in [0.15, 0.2) is 0 Å². The van der Waals surface area contributed by atoms with E-state index in [4.69, 9.17) is 11.6 Å². The third-order valence-electron chi connectivity index (χ3n) is 4.84. The Morgan fingerprint density at radius 3 is 2.27 bits per heavy atom. The second-order valence-corrected chi connectivity index (χ2v) is 9.60. The summed E-state index contributed by atoms with van der Waals surface area (Å²) in [6.45, 7) is 6.17. The van der Waals surface area contributed by atoms with Crippen LogP contribution in [0, 0.1) is 0 Å². The van der Waals surface area contributed by atoms with Crippen molar-refractivity contribution in [2.24, 2.45) is 0 Å². The zero-order chi connectivity index (χ0) is 22.1. The molecule has 0 bridgehead atoms. The van der Waals surface area contributed by atoms with Gasteiger partial charge in [0.1, 0.15) is 6.04 Å². The van der Waals surface area contributed by atoms with Crippen LogP contribution < -0.4 is 5.32 Å². The molecule has 0 aliphatic rings. The van der Waals surface area contributed by atoms with Crippen LogP contribution in [-0.4, -0.2) is 34.6 Å². The molecular weight excluding hydrogens is 484 g/mol. The molecule has 0 spiro atoms. The quantitative estimate of drug-likeness (QED) is 0.447. The molecule has 30 heavy (non-hydrogen) atoms. The number of nitrogens with one attached hydrogen (secondary N) is 1. The average Bonchev–Trinajstić information content (AvgIpc) is 2.74. The number of thioether (sulfide) groups is 1. The lowest BCUT2D eigenvalue weighted by atomic mass is 10.1. The summed E-state index contributed by atoms with van der Waals surface area (Å²) in [6.07, 6.45) is 0.843. The predicted octanol–water partition coefficient (Wildman–Crippen LogP) is 5.67. The Morgan fingerprint density at radius 1 is 1.07 bits per heavy atom.